The molecule has 0 aliphatic heterocycles. The standard InChI is InChI=1S/C19H28N4O7S2/c1-12(2)19(29)22-8-7-20-15(26)11-30-23-9-13(25)17(27)18(28)14(10-24)31-32-16-5-3-4-6-21-16/h3-6,9,13-14,17-18,24-25,27-28H,1,7-8,10-11H2,2H3,(H,20,26)(H,22,29)/b23-9+. The summed E-state index contributed by atoms with van der Waals surface area (Å²) in [5.41, 5.74) is 0.357. The van der Waals surface area contributed by atoms with Gasteiger partial charge in [0.25, 0.3) is 5.91 Å². The second-order valence-electron chi connectivity index (χ2n) is 6.45. The average molecular weight is 489 g/mol. The lowest BCUT2D eigenvalue weighted by Crippen LogP contribution is -2.45. The van der Waals surface area contributed by atoms with Crippen molar-refractivity contribution in [3.05, 3.63) is 36.5 Å². The lowest BCUT2D eigenvalue weighted by Gasteiger charge is -2.26. The summed E-state index contributed by atoms with van der Waals surface area (Å²) in [4.78, 5) is 31.7. The highest BCUT2D eigenvalue weighted by molar-refractivity contribution is 8.76. The van der Waals surface area contributed by atoms with E-state index in [1.165, 1.54) is 10.8 Å². The molecule has 0 aliphatic carbocycles. The average Bonchev–Trinajstić information content (AvgIpc) is 2.79. The number of aliphatic hydroxyl groups excluding tert-OH is 4. The lowest BCUT2D eigenvalue weighted by molar-refractivity contribution is -0.126. The summed E-state index contributed by atoms with van der Waals surface area (Å²) < 4.78 is 0. The fraction of sp³-hybridized carbons (Fsp3) is 0.474. The second kappa shape index (κ2) is 15.6. The molecule has 6 N–H and O–H groups in total. The van der Waals surface area contributed by atoms with Crippen LogP contribution in [0.15, 0.2) is 46.7 Å². The quantitative estimate of drug-likeness (QED) is 0.0595. The van der Waals surface area contributed by atoms with Gasteiger partial charge in [-0.1, -0.05) is 28.6 Å². The lowest BCUT2D eigenvalue weighted by atomic mass is 10.1. The number of hydrogen-bond donors (Lipinski definition) is 6. The summed E-state index contributed by atoms with van der Waals surface area (Å²) in [7, 11) is 2.31. The third kappa shape index (κ3) is 10.9. The molecule has 13 heteroatoms. The van der Waals surface area contributed by atoms with Crippen LogP contribution in [0, 0.1) is 0 Å². The van der Waals surface area contributed by atoms with Gasteiger partial charge in [0, 0.05) is 24.9 Å². The smallest absolute Gasteiger partial charge is 0.260 e. The molecule has 4 atom stereocenters. The van der Waals surface area contributed by atoms with E-state index < -0.39 is 42.7 Å². The third-order valence-electron chi connectivity index (χ3n) is 3.76. The van der Waals surface area contributed by atoms with Crippen molar-refractivity contribution in [3.8, 4) is 0 Å². The van der Waals surface area contributed by atoms with Gasteiger partial charge in [0.05, 0.1) is 24.2 Å². The summed E-state index contributed by atoms with van der Waals surface area (Å²) >= 11 is 0. The third-order valence-corrected chi connectivity index (χ3v) is 6.49. The zero-order chi connectivity index (χ0) is 23.9. The summed E-state index contributed by atoms with van der Waals surface area (Å²) in [6.07, 6.45) is -2.29. The number of aromatic nitrogens is 1. The van der Waals surface area contributed by atoms with Crippen LogP contribution in [-0.2, 0) is 14.4 Å². The van der Waals surface area contributed by atoms with Crippen molar-refractivity contribution in [3.63, 3.8) is 0 Å². The van der Waals surface area contributed by atoms with Crippen LogP contribution in [0.1, 0.15) is 6.92 Å². The molecule has 0 radical (unpaired) electrons. The van der Waals surface area contributed by atoms with Crippen molar-refractivity contribution in [1.29, 1.82) is 0 Å². The van der Waals surface area contributed by atoms with E-state index >= 15 is 0 Å². The van der Waals surface area contributed by atoms with Crippen LogP contribution in [-0.4, -0.2) is 93.3 Å². The first-order valence-corrected chi connectivity index (χ1v) is 11.7. The van der Waals surface area contributed by atoms with Crippen LogP contribution in [0.5, 0.6) is 0 Å². The summed E-state index contributed by atoms with van der Waals surface area (Å²) in [6, 6.07) is 5.29. The van der Waals surface area contributed by atoms with Crippen molar-refractivity contribution >= 4 is 39.6 Å². The van der Waals surface area contributed by atoms with Crippen molar-refractivity contribution in [2.45, 2.75) is 35.5 Å². The van der Waals surface area contributed by atoms with Crippen LogP contribution in [0.25, 0.3) is 0 Å². The number of oxime groups is 1. The van der Waals surface area contributed by atoms with Gasteiger partial charge in [-0.2, -0.15) is 0 Å². The predicted octanol–water partition coefficient (Wildman–Crippen LogP) is -0.924. The monoisotopic (exact) mass is 488 g/mol. The Morgan fingerprint density at radius 1 is 1.25 bits per heavy atom. The van der Waals surface area contributed by atoms with E-state index in [4.69, 9.17) is 4.84 Å². The van der Waals surface area contributed by atoms with Crippen LogP contribution in [0.4, 0.5) is 0 Å². The maximum atomic E-state index is 11.6. The van der Waals surface area contributed by atoms with E-state index in [1.807, 2.05) is 0 Å². The van der Waals surface area contributed by atoms with E-state index in [1.54, 1.807) is 31.3 Å². The van der Waals surface area contributed by atoms with E-state index in [0.717, 1.165) is 17.0 Å². The largest absolute Gasteiger partial charge is 0.395 e. The molecule has 178 valence electrons. The number of pyridine rings is 1. The van der Waals surface area contributed by atoms with Crippen LogP contribution >= 0.6 is 21.6 Å². The van der Waals surface area contributed by atoms with Crippen molar-refractivity contribution < 1.29 is 34.9 Å². The van der Waals surface area contributed by atoms with Gasteiger partial charge in [-0.15, -0.1) is 0 Å². The fourth-order valence-corrected chi connectivity index (χ4v) is 4.28. The highest BCUT2D eigenvalue weighted by Crippen LogP contribution is 2.35. The molecule has 1 rings (SSSR count). The Morgan fingerprint density at radius 3 is 2.59 bits per heavy atom. The van der Waals surface area contributed by atoms with Crippen LogP contribution < -0.4 is 10.6 Å². The topological polar surface area (TPSA) is 174 Å². The molecule has 0 spiro atoms. The Bertz CT molecular complexity index is 754. The van der Waals surface area contributed by atoms with Gasteiger partial charge in [-0.05, 0) is 29.9 Å². The molecule has 0 aromatic carbocycles. The minimum absolute atomic E-state index is 0.176. The first-order chi connectivity index (χ1) is 15.3. The van der Waals surface area contributed by atoms with Crippen LogP contribution in [0.2, 0.25) is 0 Å². The summed E-state index contributed by atoms with van der Waals surface area (Å²) in [5.74, 6) is -0.822. The predicted molar refractivity (Wildman–Crippen MR) is 122 cm³/mol. The minimum Gasteiger partial charge on any atom is -0.395 e. The van der Waals surface area contributed by atoms with Gasteiger partial charge in [-0.25, -0.2) is 4.98 Å². The second-order valence-corrected chi connectivity index (χ2v) is 8.91. The first-order valence-electron chi connectivity index (χ1n) is 9.51. The molecule has 0 saturated heterocycles. The molecule has 0 bridgehead atoms. The maximum absolute atomic E-state index is 11.6. The van der Waals surface area contributed by atoms with E-state index in [-0.39, 0.29) is 19.0 Å². The van der Waals surface area contributed by atoms with Crippen molar-refractivity contribution in [2.75, 3.05) is 26.3 Å². The molecule has 0 fully saturated rings. The number of rotatable bonds is 15. The number of amides is 2. The van der Waals surface area contributed by atoms with E-state index in [0.29, 0.717) is 10.6 Å². The minimum atomic E-state index is -1.65. The van der Waals surface area contributed by atoms with Gasteiger partial charge in [0.15, 0.2) is 6.61 Å². The molecular formula is C19H28N4O7S2. The highest BCUT2D eigenvalue weighted by Gasteiger charge is 2.31. The van der Waals surface area contributed by atoms with Gasteiger partial charge >= 0.3 is 0 Å². The highest BCUT2D eigenvalue weighted by atomic mass is 33.1. The zero-order valence-electron chi connectivity index (χ0n) is 17.5. The number of nitrogens with one attached hydrogen (secondary N) is 2. The molecule has 0 aliphatic rings. The van der Waals surface area contributed by atoms with E-state index in [2.05, 4.69) is 27.4 Å². The Labute approximate surface area is 193 Å². The van der Waals surface area contributed by atoms with Crippen LogP contribution in [0.3, 0.4) is 0 Å². The summed E-state index contributed by atoms with van der Waals surface area (Å²) in [5, 5.41) is 48.1. The molecule has 1 aromatic heterocycles. The normalized spacial score (nSPS) is 14.9. The molecule has 2 amide bonds. The first kappa shape index (κ1) is 27.9. The molecule has 0 saturated carbocycles. The maximum Gasteiger partial charge on any atom is 0.260 e. The van der Waals surface area contributed by atoms with Gasteiger partial charge in [-0.3, -0.25) is 9.59 Å². The molecule has 1 aromatic rings. The summed E-state index contributed by atoms with van der Waals surface area (Å²) in [6.45, 7) is 4.54. The Kier molecular flexibility index (Phi) is 13.6. The number of carbonyl (C=O) groups excluding carboxylic acids is 2. The van der Waals surface area contributed by atoms with Crippen molar-refractivity contribution in [1.82, 2.24) is 15.6 Å². The zero-order valence-corrected chi connectivity index (χ0v) is 19.1. The van der Waals surface area contributed by atoms with Crippen molar-refractivity contribution in [2.24, 2.45) is 5.16 Å². The number of carbonyl (C=O) groups is 2. The molecule has 32 heavy (non-hydrogen) atoms. The fourth-order valence-electron chi connectivity index (χ4n) is 1.99. The Morgan fingerprint density at radius 2 is 1.97 bits per heavy atom. The Hall–Kier alpha value is -2.16. The van der Waals surface area contributed by atoms with Gasteiger partial charge in [0.2, 0.25) is 5.91 Å². The van der Waals surface area contributed by atoms with Gasteiger partial charge < -0.3 is 35.9 Å². The number of aliphatic hydroxyl groups is 4. The van der Waals surface area contributed by atoms with E-state index in [9.17, 15) is 30.0 Å². The molecular weight excluding hydrogens is 460 g/mol. The molecule has 11 nitrogen and oxygen atoms in total. The van der Waals surface area contributed by atoms with Gasteiger partial charge in [0.1, 0.15) is 17.2 Å². The number of nitrogens with zero attached hydrogens (tertiary/aromatic N) is 2. The number of hydrogen-bond acceptors (Lipinski definition) is 11. The molecule has 4 unspecified atom stereocenters. The SMILES string of the molecule is C=C(C)C(=O)NCCNC(=O)CO/N=C/C(O)C(O)C(O)C(CO)SSc1ccccn1. The molecule has 1 heterocycles. The Balaban J connectivity index is 2.33.